The number of aryl methyl sites for hydroxylation is 1. The van der Waals surface area contributed by atoms with Crippen LogP contribution in [0.25, 0.3) is 22.0 Å². The molecule has 3 rings (SSSR count). The van der Waals surface area contributed by atoms with Gasteiger partial charge in [0.05, 0.1) is 7.11 Å². The van der Waals surface area contributed by atoms with Crippen LogP contribution in [0.15, 0.2) is 53.3 Å². The van der Waals surface area contributed by atoms with E-state index in [9.17, 15) is 4.79 Å². The maximum atomic E-state index is 12.2. The highest BCUT2D eigenvalue weighted by molar-refractivity contribution is 5.87. The number of pyridine rings is 1. The lowest BCUT2D eigenvalue weighted by atomic mass is 10.0. The summed E-state index contributed by atoms with van der Waals surface area (Å²) in [6.45, 7) is 1.95. The van der Waals surface area contributed by atoms with Crippen molar-refractivity contribution in [1.82, 2.24) is 4.98 Å². The van der Waals surface area contributed by atoms with Gasteiger partial charge in [0.1, 0.15) is 5.75 Å². The largest absolute Gasteiger partial charge is 0.497 e. The van der Waals surface area contributed by atoms with E-state index in [1.54, 1.807) is 7.11 Å². The molecular weight excluding hydrogens is 250 g/mol. The third-order valence-electron chi connectivity index (χ3n) is 3.48. The smallest absolute Gasteiger partial charge is 0.256 e. The molecule has 20 heavy (non-hydrogen) atoms. The van der Waals surface area contributed by atoms with E-state index in [0.29, 0.717) is 0 Å². The van der Waals surface area contributed by atoms with Gasteiger partial charge >= 0.3 is 0 Å². The standard InChI is InChI=1S/C17H15NO2/c1-11-4-3-5-13-10-15(18-17(19)16(11)13)12-6-8-14(20-2)9-7-12/h3-10H,1-2H3,(H,18,19). The second kappa shape index (κ2) is 4.85. The second-order valence-corrected chi connectivity index (χ2v) is 4.78. The van der Waals surface area contributed by atoms with E-state index >= 15 is 0 Å². The summed E-state index contributed by atoms with van der Waals surface area (Å²) in [5.74, 6) is 0.799. The molecule has 0 atom stereocenters. The van der Waals surface area contributed by atoms with Crippen molar-refractivity contribution in [2.75, 3.05) is 7.11 Å². The van der Waals surface area contributed by atoms with Crippen molar-refractivity contribution in [2.45, 2.75) is 6.92 Å². The molecular formula is C17H15NO2. The van der Waals surface area contributed by atoms with Crippen LogP contribution in [0.2, 0.25) is 0 Å². The van der Waals surface area contributed by atoms with Crippen LogP contribution in [-0.4, -0.2) is 12.1 Å². The lowest BCUT2D eigenvalue weighted by molar-refractivity contribution is 0.415. The van der Waals surface area contributed by atoms with E-state index in [1.807, 2.05) is 55.5 Å². The molecule has 0 spiro atoms. The molecule has 0 fully saturated rings. The van der Waals surface area contributed by atoms with Crippen molar-refractivity contribution < 1.29 is 4.74 Å². The first-order chi connectivity index (χ1) is 9.69. The number of methoxy groups -OCH3 is 1. The Labute approximate surface area is 116 Å². The minimum absolute atomic E-state index is 0.0496. The fourth-order valence-corrected chi connectivity index (χ4v) is 2.42. The lowest BCUT2D eigenvalue weighted by Gasteiger charge is -2.06. The normalized spacial score (nSPS) is 10.7. The first kappa shape index (κ1) is 12.5. The van der Waals surface area contributed by atoms with Crippen molar-refractivity contribution >= 4 is 10.8 Å². The summed E-state index contributed by atoms with van der Waals surface area (Å²) in [4.78, 5) is 15.2. The highest BCUT2D eigenvalue weighted by Crippen LogP contribution is 2.23. The average Bonchev–Trinajstić information content (AvgIpc) is 2.47. The monoisotopic (exact) mass is 265 g/mol. The van der Waals surface area contributed by atoms with Gasteiger partial charge in [0.25, 0.3) is 5.56 Å². The summed E-state index contributed by atoms with van der Waals surface area (Å²) < 4.78 is 5.14. The van der Waals surface area contributed by atoms with Crippen molar-refractivity contribution in [1.29, 1.82) is 0 Å². The van der Waals surface area contributed by atoms with Crippen LogP contribution in [0.5, 0.6) is 5.75 Å². The molecule has 1 heterocycles. The van der Waals surface area contributed by atoms with Gasteiger partial charge in [0, 0.05) is 11.1 Å². The van der Waals surface area contributed by atoms with E-state index in [2.05, 4.69) is 4.98 Å². The zero-order valence-electron chi connectivity index (χ0n) is 11.4. The Balaban J connectivity index is 2.19. The Morgan fingerprint density at radius 2 is 1.80 bits per heavy atom. The topological polar surface area (TPSA) is 42.1 Å². The Morgan fingerprint density at radius 3 is 2.50 bits per heavy atom. The summed E-state index contributed by atoms with van der Waals surface area (Å²) in [5.41, 5.74) is 2.72. The molecule has 3 nitrogen and oxygen atoms in total. The fraction of sp³-hybridized carbons (Fsp3) is 0.118. The zero-order chi connectivity index (χ0) is 14.1. The molecule has 0 saturated heterocycles. The molecule has 0 amide bonds. The molecule has 1 N–H and O–H groups in total. The van der Waals surface area contributed by atoms with Crippen molar-refractivity contribution in [3.05, 3.63) is 64.4 Å². The Hall–Kier alpha value is -2.55. The predicted molar refractivity (Wildman–Crippen MR) is 81.3 cm³/mol. The zero-order valence-corrected chi connectivity index (χ0v) is 11.4. The number of hydrogen-bond donors (Lipinski definition) is 1. The number of aromatic nitrogens is 1. The molecule has 0 saturated carbocycles. The lowest BCUT2D eigenvalue weighted by Crippen LogP contribution is -2.08. The third-order valence-corrected chi connectivity index (χ3v) is 3.48. The fourth-order valence-electron chi connectivity index (χ4n) is 2.42. The van der Waals surface area contributed by atoms with E-state index in [1.165, 1.54) is 0 Å². The summed E-state index contributed by atoms with van der Waals surface area (Å²) in [7, 11) is 1.63. The SMILES string of the molecule is COc1ccc(-c2cc3cccc(C)c3c(=O)[nH]2)cc1. The number of aromatic amines is 1. The van der Waals surface area contributed by atoms with Crippen molar-refractivity contribution in [3.8, 4) is 17.0 Å². The van der Waals surface area contributed by atoms with Gasteiger partial charge in [-0.15, -0.1) is 0 Å². The molecule has 2 aromatic carbocycles. The number of benzene rings is 2. The summed E-state index contributed by atoms with van der Waals surface area (Å²) in [5, 5.41) is 1.71. The van der Waals surface area contributed by atoms with Crippen LogP contribution >= 0.6 is 0 Å². The van der Waals surface area contributed by atoms with Gasteiger partial charge in [0.15, 0.2) is 0 Å². The number of H-pyrrole nitrogens is 1. The van der Waals surface area contributed by atoms with Crippen LogP contribution in [0, 0.1) is 6.92 Å². The number of hydrogen-bond acceptors (Lipinski definition) is 2. The maximum absolute atomic E-state index is 12.2. The molecule has 3 heteroatoms. The van der Waals surface area contributed by atoms with Gasteiger partial charge in [-0.25, -0.2) is 0 Å². The first-order valence-electron chi connectivity index (χ1n) is 6.46. The molecule has 0 bridgehead atoms. The second-order valence-electron chi connectivity index (χ2n) is 4.78. The summed E-state index contributed by atoms with van der Waals surface area (Å²) in [6.07, 6.45) is 0. The molecule has 0 aliphatic carbocycles. The summed E-state index contributed by atoms with van der Waals surface area (Å²) >= 11 is 0. The molecule has 0 radical (unpaired) electrons. The van der Waals surface area contributed by atoms with Crippen LogP contribution in [-0.2, 0) is 0 Å². The molecule has 1 aromatic heterocycles. The van der Waals surface area contributed by atoms with Gasteiger partial charge in [-0.3, -0.25) is 4.79 Å². The van der Waals surface area contributed by atoms with Crippen LogP contribution in [0.4, 0.5) is 0 Å². The number of nitrogens with one attached hydrogen (secondary N) is 1. The van der Waals surface area contributed by atoms with Crippen molar-refractivity contribution in [3.63, 3.8) is 0 Å². The Kier molecular flexibility index (Phi) is 3.03. The third kappa shape index (κ3) is 2.07. The summed E-state index contributed by atoms with van der Waals surface area (Å²) in [6, 6.07) is 15.5. The van der Waals surface area contributed by atoms with Crippen LogP contribution in [0.1, 0.15) is 5.56 Å². The average molecular weight is 265 g/mol. The number of fused-ring (bicyclic) bond motifs is 1. The predicted octanol–water partition coefficient (Wildman–Crippen LogP) is 3.51. The van der Waals surface area contributed by atoms with E-state index in [4.69, 9.17) is 4.74 Å². The van der Waals surface area contributed by atoms with E-state index in [0.717, 1.165) is 33.3 Å². The molecule has 100 valence electrons. The molecule has 0 unspecified atom stereocenters. The van der Waals surface area contributed by atoms with Crippen LogP contribution in [0.3, 0.4) is 0 Å². The van der Waals surface area contributed by atoms with Crippen LogP contribution < -0.4 is 10.3 Å². The van der Waals surface area contributed by atoms with Gasteiger partial charge in [0.2, 0.25) is 0 Å². The van der Waals surface area contributed by atoms with E-state index < -0.39 is 0 Å². The highest BCUT2D eigenvalue weighted by Gasteiger charge is 2.06. The van der Waals surface area contributed by atoms with Gasteiger partial charge in [-0.2, -0.15) is 0 Å². The van der Waals surface area contributed by atoms with E-state index in [-0.39, 0.29) is 5.56 Å². The highest BCUT2D eigenvalue weighted by atomic mass is 16.5. The Bertz CT molecular complexity index is 817. The minimum atomic E-state index is -0.0496. The van der Waals surface area contributed by atoms with Crippen molar-refractivity contribution in [2.24, 2.45) is 0 Å². The molecule has 0 aliphatic heterocycles. The number of ether oxygens (including phenoxy) is 1. The molecule has 0 aliphatic rings. The van der Waals surface area contributed by atoms with Gasteiger partial charge in [-0.1, -0.05) is 18.2 Å². The van der Waals surface area contributed by atoms with Gasteiger partial charge < -0.3 is 9.72 Å². The first-order valence-corrected chi connectivity index (χ1v) is 6.46. The maximum Gasteiger partial charge on any atom is 0.256 e. The number of rotatable bonds is 2. The molecule has 3 aromatic rings. The quantitative estimate of drug-likeness (QED) is 0.770. The van der Waals surface area contributed by atoms with Gasteiger partial charge in [-0.05, 0) is 53.8 Å². The Morgan fingerprint density at radius 1 is 1.05 bits per heavy atom. The minimum Gasteiger partial charge on any atom is -0.497 e.